The van der Waals surface area contributed by atoms with E-state index in [0.717, 1.165) is 18.0 Å². The predicted octanol–water partition coefficient (Wildman–Crippen LogP) is 1.57. The summed E-state index contributed by atoms with van der Waals surface area (Å²) < 4.78 is 14.6. The van der Waals surface area contributed by atoms with Gasteiger partial charge in [0.1, 0.15) is 10.9 Å². The Balaban J connectivity index is 2.57. The van der Waals surface area contributed by atoms with E-state index in [-0.39, 0.29) is 35.8 Å². The molecule has 0 fully saturated rings. The molecule has 3 amide bonds. The molecular formula is C23H33N5O6S. The van der Waals surface area contributed by atoms with Crippen LogP contribution in [0.2, 0.25) is 0 Å². The average molecular weight is 508 g/mol. The number of carbonyl (C=O) groups is 3. The monoisotopic (exact) mass is 507 g/mol. The molecule has 0 bridgehead atoms. The van der Waals surface area contributed by atoms with E-state index in [1.165, 1.54) is 19.1 Å². The summed E-state index contributed by atoms with van der Waals surface area (Å²) in [4.78, 5) is 40.0. The fraction of sp³-hybridized carbons (Fsp3) is 0.478. The molecule has 2 aromatic rings. The van der Waals surface area contributed by atoms with Gasteiger partial charge in [-0.25, -0.2) is 0 Å². The molecule has 1 aromatic heterocycles. The SMILES string of the molecule is COc1ccc([C@H](C(=O)NCCC(C)C)N(CCCO)C(=O)c2snc(C(N)=O)c2N)cc1OC. The van der Waals surface area contributed by atoms with Gasteiger partial charge in [-0.1, -0.05) is 19.9 Å². The van der Waals surface area contributed by atoms with E-state index >= 15 is 0 Å². The largest absolute Gasteiger partial charge is 0.493 e. The number of nitrogen functional groups attached to an aromatic ring is 1. The van der Waals surface area contributed by atoms with Gasteiger partial charge in [-0.2, -0.15) is 4.37 Å². The summed E-state index contributed by atoms with van der Waals surface area (Å²) in [5.41, 5.74) is 11.4. The number of aliphatic hydroxyl groups is 1. The fourth-order valence-electron chi connectivity index (χ4n) is 3.42. The van der Waals surface area contributed by atoms with E-state index < -0.39 is 23.8 Å². The van der Waals surface area contributed by atoms with Crippen LogP contribution in [0.4, 0.5) is 5.69 Å². The van der Waals surface area contributed by atoms with E-state index in [1.807, 2.05) is 13.8 Å². The van der Waals surface area contributed by atoms with Crippen LogP contribution in [0.5, 0.6) is 11.5 Å². The van der Waals surface area contributed by atoms with E-state index in [4.69, 9.17) is 20.9 Å². The maximum atomic E-state index is 13.6. The molecule has 11 nitrogen and oxygen atoms in total. The first kappa shape index (κ1) is 27.9. The van der Waals surface area contributed by atoms with Crippen molar-refractivity contribution < 1.29 is 29.0 Å². The van der Waals surface area contributed by atoms with Crippen molar-refractivity contribution in [3.05, 3.63) is 34.3 Å². The lowest BCUT2D eigenvalue weighted by atomic mass is 10.0. The Morgan fingerprint density at radius 2 is 1.89 bits per heavy atom. The van der Waals surface area contributed by atoms with Gasteiger partial charge in [0.05, 0.1) is 19.9 Å². The van der Waals surface area contributed by atoms with Crippen molar-refractivity contribution in [1.29, 1.82) is 0 Å². The van der Waals surface area contributed by atoms with Crippen molar-refractivity contribution in [3.63, 3.8) is 0 Å². The third-order valence-corrected chi connectivity index (χ3v) is 6.13. The number of ether oxygens (including phenoxy) is 2. The normalized spacial score (nSPS) is 11.7. The first-order chi connectivity index (χ1) is 16.7. The second kappa shape index (κ2) is 12.9. The maximum absolute atomic E-state index is 13.6. The van der Waals surface area contributed by atoms with Crippen LogP contribution in [0, 0.1) is 5.92 Å². The van der Waals surface area contributed by atoms with Crippen LogP contribution in [0.3, 0.4) is 0 Å². The van der Waals surface area contributed by atoms with Crippen molar-refractivity contribution in [2.45, 2.75) is 32.7 Å². The minimum absolute atomic E-state index is 0.0165. The van der Waals surface area contributed by atoms with Crippen LogP contribution in [-0.4, -0.2) is 66.0 Å². The van der Waals surface area contributed by atoms with Gasteiger partial charge in [0, 0.05) is 19.7 Å². The number of aliphatic hydroxyl groups excluding tert-OH is 1. The summed E-state index contributed by atoms with van der Waals surface area (Å²) >= 11 is 0.728. The first-order valence-electron chi connectivity index (χ1n) is 11.1. The molecule has 6 N–H and O–H groups in total. The summed E-state index contributed by atoms with van der Waals surface area (Å²) in [6, 6.07) is 3.84. The summed E-state index contributed by atoms with van der Waals surface area (Å²) in [7, 11) is 2.96. The summed E-state index contributed by atoms with van der Waals surface area (Å²) in [6.45, 7) is 4.32. The van der Waals surface area contributed by atoms with Crippen LogP contribution < -0.4 is 26.3 Å². The number of amides is 3. The minimum atomic E-state index is -1.08. The Hall–Kier alpha value is -3.38. The molecule has 1 heterocycles. The Morgan fingerprint density at radius 1 is 1.20 bits per heavy atom. The number of hydrogen-bond donors (Lipinski definition) is 4. The number of nitrogens with two attached hydrogens (primary N) is 2. The highest BCUT2D eigenvalue weighted by atomic mass is 32.1. The van der Waals surface area contributed by atoms with Crippen LogP contribution >= 0.6 is 11.5 Å². The number of nitrogens with one attached hydrogen (secondary N) is 1. The van der Waals surface area contributed by atoms with Crippen LogP contribution in [0.15, 0.2) is 18.2 Å². The van der Waals surface area contributed by atoms with Gasteiger partial charge in [-0.3, -0.25) is 14.4 Å². The molecule has 12 heteroatoms. The number of hydrogen-bond acceptors (Lipinski definition) is 9. The van der Waals surface area contributed by atoms with Gasteiger partial charge in [0.15, 0.2) is 17.2 Å². The molecule has 0 saturated heterocycles. The minimum Gasteiger partial charge on any atom is -0.493 e. The highest BCUT2D eigenvalue weighted by Gasteiger charge is 2.35. The maximum Gasteiger partial charge on any atom is 0.270 e. The molecule has 0 spiro atoms. The zero-order chi connectivity index (χ0) is 26.1. The Morgan fingerprint density at radius 3 is 2.43 bits per heavy atom. The number of nitrogens with zero attached hydrogens (tertiary/aromatic N) is 2. The lowest BCUT2D eigenvalue weighted by Crippen LogP contribution is -2.44. The number of anilines is 1. The molecule has 1 atom stereocenters. The number of rotatable bonds is 13. The van der Waals surface area contributed by atoms with Crippen molar-refractivity contribution in [2.24, 2.45) is 11.7 Å². The second-order valence-electron chi connectivity index (χ2n) is 8.20. The van der Waals surface area contributed by atoms with Gasteiger partial charge in [0.2, 0.25) is 5.91 Å². The Labute approximate surface area is 208 Å². The van der Waals surface area contributed by atoms with Crippen LogP contribution in [-0.2, 0) is 4.79 Å². The van der Waals surface area contributed by atoms with Crippen molar-refractivity contribution in [1.82, 2.24) is 14.6 Å². The Kier molecular flexibility index (Phi) is 10.3. The highest BCUT2D eigenvalue weighted by molar-refractivity contribution is 7.09. The molecule has 0 aliphatic rings. The van der Waals surface area contributed by atoms with Crippen molar-refractivity contribution in [2.75, 3.05) is 39.6 Å². The molecule has 0 aliphatic heterocycles. The lowest BCUT2D eigenvalue weighted by molar-refractivity contribution is -0.126. The molecular weight excluding hydrogens is 474 g/mol. The molecule has 35 heavy (non-hydrogen) atoms. The zero-order valence-electron chi connectivity index (χ0n) is 20.4. The van der Waals surface area contributed by atoms with E-state index in [0.29, 0.717) is 29.5 Å². The van der Waals surface area contributed by atoms with Gasteiger partial charge < -0.3 is 36.3 Å². The Bertz CT molecular complexity index is 1040. The van der Waals surface area contributed by atoms with Crippen LogP contribution in [0.1, 0.15) is 58.5 Å². The van der Waals surface area contributed by atoms with Gasteiger partial charge in [-0.15, -0.1) is 0 Å². The van der Waals surface area contributed by atoms with Crippen LogP contribution in [0.25, 0.3) is 0 Å². The zero-order valence-corrected chi connectivity index (χ0v) is 21.2. The number of aromatic nitrogens is 1. The number of methoxy groups -OCH3 is 2. The number of carbonyl (C=O) groups excluding carboxylic acids is 3. The number of primary amides is 1. The standard InChI is InChI=1S/C23H33N5O6S/c1-13(2)8-9-26-22(31)19(14-6-7-15(33-3)16(12-14)34-4)28(10-5-11-29)23(32)20-17(24)18(21(25)30)27-35-20/h6-7,12-13,19,29H,5,8-11,24H2,1-4H3,(H2,25,30)(H,26,31)/t19-/m1/s1. The number of benzene rings is 1. The first-order valence-corrected chi connectivity index (χ1v) is 11.9. The quantitative estimate of drug-likeness (QED) is 0.316. The third kappa shape index (κ3) is 6.83. The van der Waals surface area contributed by atoms with E-state index in [1.54, 1.807) is 18.2 Å². The van der Waals surface area contributed by atoms with E-state index in [2.05, 4.69) is 9.69 Å². The molecule has 0 unspecified atom stereocenters. The molecule has 192 valence electrons. The van der Waals surface area contributed by atoms with Gasteiger partial charge in [0.25, 0.3) is 11.8 Å². The summed E-state index contributed by atoms with van der Waals surface area (Å²) in [5.74, 6) is -0.676. The van der Waals surface area contributed by atoms with Gasteiger partial charge >= 0.3 is 0 Å². The highest BCUT2D eigenvalue weighted by Crippen LogP contribution is 2.34. The summed E-state index contributed by atoms with van der Waals surface area (Å²) in [5, 5.41) is 12.4. The van der Waals surface area contributed by atoms with Crippen molar-refractivity contribution >= 4 is 34.9 Å². The second-order valence-corrected chi connectivity index (χ2v) is 8.98. The topological polar surface area (TPSA) is 170 Å². The average Bonchev–Trinajstić information content (AvgIpc) is 3.22. The molecule has 1 aromatic carbocycles. The fourth-order valence-corrected chi connectivity index (χ4v) is 4.19. The summed E-state index contributed by atoms with van der Waals surface area (Å²) in [6.07, 6.45) is 0.953. The smallest absolute Gasteiger partial charge is 0.270 e. The molecule has 2 rings (SSSR count). The molecule has 0 aliphatic carbocycles. The predicted molar refractivity (Wildman–Crippen MR) is 133 cm³/mol. The molecule has 0 radical (unpaired) electrons. The van der Waals surface area contributed by atoms with Gasteiger partial charge in [-0.05, 0) is 48.0 Å². The van der Waals surface area contributed by atoms with E-state index in [9.17, 15) is 19.5 Å². The lowest BCUT2D eigenvalue weighted by Gasteiger charge is -2.31. The molecule has 0 saturated carbocycles. The van der Waals surface area contributed by atoms with Crippen molar-refractivity contribution in [3.8, 4) is 11.5 Å². The third-order valence-electron chi connectivity index (χ3n) is 5.28.